The highest BCUT2D eigenvalue weighted by atomic mass is 15.5. The van der Waals surface area contributed by atoms with E-state index in [0.717, 1.165) is 5.57 Å². The molecule has 0 N–H and O–H groups in total. The van der Waals surface area contributed by atoms with Crippen molar-refractivity contribution in [3.8, 4) is 0 Å². The van der Waals surface area contributed by atoms with Gasteiger partial charge < -0.3 is 0 Å². The first-order chi connectivity index (χ1) is 4.97. The average molecular weight is 132 g/mol. The Kier molecular flexibility index (Phi) is 1.04. The molecule has 0 unspecified atom stereocenters. The second kappa shape index (κ2) is 1.98. The predicted molar refractivity (Wildman–Crippen MR) is 35.0 cm³/mol. The third-order valence-electron chi connectivity index (χ3n) is 1.24. The van der Waals surface area contributed by atoms with E-state index >= 15 is 0 Å². The topological polar surface area (TPSA) is 49.4 Å². The van der Waals surface area contributed by atoms with Crippen LogP contribution >= 0.6 is 0 Å². The lowest BCUT2D eigenvalue weighted by Crippen LogP contribution is -1.72. The number of rotatable bonds is 0. The van der Waals surface area contributed by atoms with Gasteiger partial charge >= 0.3 is 0 Å². The number of nitrogens with zero attached hydrogens (tertiary/aromatic N) is 4. The van der Waals surface area contributed by atoms with Crippen molar-refractivity contribution in [1.29, 1.82) is 0 Å². The molecule has 0 saturated carbocycles. The third kappa shape index (κ3) is 0.699. The van der Waals surface area contributed by atoms with Crippen LogP contribution in [0.1, 0.15) is 0 Å². The van der Waals surface area contributed by atoms with Gasteiger partial charge in [-0.15, -0.1) is 10.2 Å². The van der Waals surface area contributed by atoms with E-state index in [2.05, 4.69) is 20.7 Å². The normalized spacial score (nSPS) is 20.0. The van der Waals surface area contributed by atoms with Crippen molar-refractivity contribution in [1.82, 2.24) is 0 Å². The summed E-state index contributed by atoms with van der Waals surface area (Å²) in [6.07, 6.45) is 7.68. The Balaban J connectivity index is 2.46. The molecule has 0 fully saturated rings. The van der Waals surface area contributed by atoms with Gasteiger partial charge in [0.2, 0.25) is 5.82 Å². The molecule has 2 rings (SSSR count). The molecule has 2 aliphatic rings. The van der Waals surface area contributed by atoms with Crippen molar-refractivity contribution in [2.75, 3.05) is 0 Å². The third-order valence-corrected chi connectivity index (χ3v) is 1.24. The maximum Gasteiger partial charge on any atom is 0.207 e. The zero-order chi connectivity index (χ0) is 6.81. The van der Waals surface area contributed by atoms with Crippen LogP contribution in [0.3, 0.4) is 0 Å². The molecule has 0 spiro atoms. The van der Waals surface area contributed by atoms with Gasteiger partial charge in [0.05, 0.1) is 0 Å². The largest absolute Gasteiger partial charge is 0.207 e. The maximum atomic E-state index is 3.69. The van der Waals surface area contributed by atoms with Crippen LogP contribution in [0.15, 0.2) is 56.4 Å². The molecule has 1 heterocycles. The fraction of sp³-hybridized carbons (Fsp3) is 0. The van der Waals surface area contributed by atoms with Crippen molar-refractivity contribution >= 4 is 0 Å². The summed E-state index contributed by atoms with van der Waals surface area (Å²) in [5.74, 6) is 0.588. The van der Waals surface area contributed by atoms with E-state index in [0.29, 0.717) is 5.82 Å². The molecule has 0 atom stereocenters. The van der Waals surface area contributed by atoms with Gasteiger partial charge in [-0.3, -0.25) is 0 Å². The Morgan fingerprint density at radius 2 is 1.50 bits per heavy atom. The molecule has 0 amide bonds. The minimum atomic E-state index is 0.588. The summed E-state index contributed by atoms with van der Waals surface area (Å²) in [6, 6.07) is 0. The second-order valence-corrected chi connectivity index (χ2v) is 1.88. The molecule has 0 aromatic rings. The number of allylic oxidation sites excluding steroid dienone is 5. The van der Waals surface area contributed by atoms with Gasteiger partial charge in [-0.1, -0.05) is 24.3 Å². The van der Waals surface area contributed by atoms with Crippen molar-refractivity contribution < 1.29 is 0 Å². The van der Waals surface area contributed by atoms with E-state index in [4.69, 9.17) is 0 Å². The van der Waals surface area contributed by atoms with Crippen LogP contribution in [0.25, 0.3) is 0 Å². The first-order valence-electron chi connectivity index (χ1n) is 2.87. The number of hydrogen-bond acceptors (Lipinski definition) is 4. The Bertz CT molecular complexity index is 235. The fourth-order valence-electron chi connectivity index (χ4n) is 0.783. The van der Waals surface area contributed by atoms with E-state index in [1.165, 1.54) is 0 Å². The van der Waals surface area contributed by atoms with Crippen LogP contribution in [0.5, 0.6) is 0 Å². The Morgan fingerprint density at radius 3 is 2.10 bits per heavy atom. The zero-order valence-corrected chi connectivity index (χ0v) is 5.10. The Morgan fingerprint density at radius 1 is 0.900 bits per heavy atom. The van der Waals surface area contributed by atoms with Gasteiger partial charge in [-0.2, -0.15) is 0 Å². The molecule has 4 heteroatoms. The van der Waals surface area contributed by atoms with Crippen LogP contribution in [0.2, 0.25) is 0 Å². The van der Waals surface area contributed by atoms with Crippen molar-refractivity contribution in [2.45, 2.75) is 0 Å². The lowest BCUT2D eigenvalue weighted by molar-refractivity contribution is 1.06. The van der Waals surface area contributed by atoms with Gasteiger partial charge in [0.1, 0.15) is 0 Å². The highest BCUT2D eigenvalue weighted by Crippen LogP contribution is 2.19. The summed E-state index contributed by atoms with van der Waals surface area (Å²) in [7, 11) is 0. The lowest BCUT2D eigenvalue weighted by Gasteiger charge is -1.85. The monoisotopic (exact) mass is 132 g/mol. The second-order valence-electron chi connectivity index (χ2n) is 1.88. The van der Waals surface area contributed by atoms with E-state index in [1.54, 1.807) is 0 Å². The summed E-state index contributed by atoms with van der Waals surface area (Å²) in [5, 5.41) is 14.1. The van der Waals surface area contributed by atoms with Crippen molar-refractivity contribution in [3.63, 3.8) is 0 Å². The van der Waals surface area contributed by atoms with Crippen LogP contribution in [0.4, 0.5) is 0 Å². The van der Waals surface area contributed by atoms with Crippen molar-refractivity contribution in [3.05, 3.63) is 35.7 Å². The summed E-state index contributed by atoms with van der Waals surface area (Å²) in [5.41, 5.74) is 0.963. The van der Waals surface area contributed by atoms with Crippen LogP contribution in [-0.2, 0) is 0 Å². The van der Waals surface area contributed by atoms with E-state index < -0.39 is 0 Å². The summed E-state index contributed by atoms with van der Waals surface area (Å²) < 4.78 is 0. The molecule has 1 aliphatic carbocycles. The first-order valence-corrected chi connectivity index (χ1v) is 2.87. The van der Waals surface area contributed by atoms with E-state index in [-0.39, 0.29) is 0 Å². The summed E-state index contributed by atoms with van der Waals surface area (Å²) >= 11 is 0. The Hall–Kier alpha value is -1.58. The lowest BCUT2D eigenvalue weighted by atomic mass is 10.3. The molecular formula is C6H4N4. The van der Waals surface area contributed by atoms with Crippen LogP contribution < -0.4 is 0 Å². The Labute approximate surface area is 57.3 Å². The molecule has 0 aromatic carbocycles. The molecule has 0 radical (unpaired) electrons. The molecular weight excluding hydrogens is 128 g/mol. The van der Waals surface area contributed by atoms with Gasteiger partial charge in [0, 0.05) is 5.57 Å². The first kappa shape index (κ1) is 5.22. The minimum Gasteiger partial charge on any atom is -0.106 e. The molecule has 4 nitrogen and oxygen atoms in total. The SMILES string of the molecule is C1=CC(=C2N=NN=N2)C=C1. The smallest absolute Gasteiger partial charge is 0.106 e. The summed E-state index contributed by atoms with van der Waals surface area (Å²) in [4.78, 5) is 0. The summed E-state index contributed by atoms with van der Waals surface area (Å²) in [6.45, 7) is 0. The number of hydrogen-bond donors (Lipinski definition) is 0. The van der Waals surface area contributed by atoms with Gasteiger partial charge in [0.15, 0.2) is 0 Å². The molecule has 0 bridgehead atoms. The van der Waals surface area contributed by atoms with E-state index in [9.17, 15) is 0 Å². The minimum absolute atomic E-state index is 0.588. The molecule has 1 aliphatic heterocycles. The van der Waals surface area contributed by atoms with Gasteiger partial charge in [-0.05, 0) is 10.4 Å². The molecule has 48 valence electrons. The quantitative estimate of drug-likeness (QED) is 0.485. The predicted octanol–water partition coefficient (Wildman–Crippen LogP) is 2.16. The van der Waals surface area contributed by atoms with E-state index in [1.807, 2.05) is 24.3 Å². The van der Waals surface area contributed by atoms with Gasteiger partial charge in [-0.25, -0.2) is 0 Å². The average Bonchev–Trinajstić information content (AvgIpc) is 2.59. The van der Waals surface area contributed by atoms with Gasteiger partial charge in [0.25, 0.3) is 0 Å². The molecule has 10 heavy (non-hydrogen) atoms. The van der Waals surface area contributed by atoms with Crippen LogP contribution in [-0.4, -0.2) is 0 Å². The maximum absolute atomic E-state index is 3.69. The van der Waals surface area contributed by atoms with Crippen LogP contribution in [0, 0.1) is 0 Å². The highest BCUT2D eigenvalue weighted by molar-refractivity contribution is 5.42. The van der Waals surface area contributed by atoms with Crippen molar-refractivity contribution in [2.24, 2.45) is 20.7 Å². The standard InChI is InChI=1S/C6H4N4/c1-2-4-5(3-1)6-7-9-10-8-6/h1-4H. The molecule has 0 aromatic heterocycles. The zero-order valence-electron chi connectivity index (χ0n) is 5.10. The molecule has 0 saturated heterocycles. The fourth-order valence-corrected chi connectivity index (χ4v) is 0.783. The highest BCUT2D eigenvalue weighted by Gasteiger charge is 2.04.